The Balaban J connectivity index is 1.96. The number of halogens is 3. The number of hydrogen-bond donors (Lipinski definition) is 0. The summed E-state index contributed by atoms with van der Waals surface area (Å²) in [5.74, 6) is 0. The van der Waals surface area contributed by atoms with E-state index in [1.807, 2.05) is 11.8 Å². The molecule has 2 heterocycles. The van der Waals surface area contributed by atoms with E-state index in [-0.39, 0.29) is 17.2 Å². The van der Waals surface area contributed by atoms with Gasteiger partial charge in [0.25, 0.3) is 5.56 Å². The highest BCUT2D eigenvalue weighted by molar-refractivity contribution is 6.36. The first kappa shape index (κ1) is 19.5. The van der Waals surface area contributed by atoms with E-state index in [1.54, 1.807) is 31.5 Å². The molecule has 2 atom stereocenters. The second-order valence-electron chi connectivity index (χ2n) is 6.09. The van der Waals surface area contributed by atoms with Crippen LogP contribution in [0.5, 0.6) is 0 Å². The number of anilines is 1. The average molecular weight is 419 g/mol. The number of hydrogen-bond acceptors (Lipinski definition) is 5. The molecule has 0 N–H and O–H groups in total. The lowest BCUT2D eigenvalue weighted by Crippen LogP contribution is -2.48. The maximum Gasteiger partial charge on any atom is 0.292 e. The highest BCUT2D eigenvalue weighted by Crippen LogP contribution is 2.27. The average Bonchev–Trinajstić information content (AvgIpc) is 2.58. The van der Waals surface area contributed by atoms with Gasteiger partial charge in [0.05, 0.1) is 41.4 Å². The monoisotopic (exact) mass is 417 g/mol. The van der Waals surface area contributed by atoms with Gasteiger partial charge in [-0.25, -0.2) is 0 Å². The van der Waals surface area contributed by atoms with Crippen molar-refractivity contribution in [2.75, 3.05) is 31.7 Å². The largest absolute Gasteiger partial charge is 0.382 e. The van der Waals surface area contributed by atoms with E-state index in [0.717, 1.165) is 0 Å². The summed E-state index contributed by atoms with van der Waals surface area (Å²) in [4.78, 5) is 14.7. The van der Waals surface area contributed by atoms with Gasteiger partial charge in [-0.3, -0.25) is 4.79 Å². The van der Waals surface area contributed by atoms with Crippen molar-refractivity contribution in [2.24, 2.45) is 0 Å². The van der Waals surface area contributed by atoms with Gasteiger partial charge in [0, 0.05) is 25.2 Å². The normalized spacial score (nSPS) is 20.4. The smallest absolute Gasteiger partial charge is 0.292 e. The third kappa shape index (κ3) is 4.00. The molecule has 0 amide bonds. The van der Waals surface area contributed by atoms with Crippen LogP contribution in [-0.4, -0.2) is 48.8 Å². The van der Waals surface area contributed by atoms with Gasteiger partial charge in [-0.05, 0) is 25.1 Å². The van der Waals surface area contributed by atoms with Gasteiger partial charge >= 0.3 is 0 Å². The van der Waals surface area contributed by atoms with Gasteiger partial charge in [-0.1, -0.05) is 34.8 Å². The molecule has 1 aromatic heterocycles. The molecule has 1 fully saturated rings. The lowest BCUT2D eigenvalue weighted by Gasteiger charge is -2.38. The first-order chi connectivity index (χ1) is 12.4. The minimum absolute atomic E-state index is 0.0203. The van der Waals surface area contributed by atoms with Crippen LogP contribution in [0, 0.1) is 0 Å². The molecule has 2 unspecified atom stereocenters. The molecule has 3 rings (SSSR count). The van der Waals surface area contributed by atoms with E-state index in [0.29, 0.717) is 41.1 Å². The van der Waals surface area contributed by atoms with Crippen molar-refractivity contribution in [3.8, 4) is 5.69 Å². The van der Waals surface area contributed by atoms with Crippen molar-refractivity contribution in [1.82, 2.24) is 9.78 Å². The Bertz CT molecular complexity index is 859. The Morgan fingerprint density at radius 1 is 1.27 bits per heavy atom. The van der Waals surface area contributed by atoms with E-state index < -0.39 is 5.56 Å². The molecule has 0 saturated carbocycles. The first-order valence-electron chi connectivity index (χ1n) is 8.03. The summed E-state index contributed by atoms with van der Waals surface area (Å²) in [5.41, 5.74) is 0.534. The lowest BCUT2D eigenvalue weighted by molar-refractivity contribution is -0.0511. The highest BCUT2D eigenvalue weighted by atomic mass is 35.5. The van der Waals surface area contributed by atoms with Crippen molar-refractivity contribution in [2.45, 2.75) is 19.1 Å². The van der Waals surface area contributed by atoms with Crippen LogP contribution in [0.15, 0.2) is 29.2 Å². The van der Waals surface area contributed by atoms with Crippen LogP contribution in [0.25, 0.3) is 5.69 Å². The molecular formula is C17H18Cl3N3O3. The molecule has 1 saturated heterocycles. The quantitative estimate of drug-likeness (QED) is 0.761. The summed E-state index contributed by atoms with van der Waals surface area (Å²) in [7, 11) is 1.62. The van der Waals surface area contributed by atoms with E-state index in [9.17, 15) is 4.79 Å². The fourth-order valence-electron chi connectivity index (χ4n) is 2.99. The molecule has 140 valence electrons. The fraction of sp³-hybridized carbons (Fsp3) is 0.412. The summed E-state index contributed by atoms with van der Waals surface area (Å²) < 4.78 is 12.2. The van der Waals surface area contributed by atoms with E-state index in [1.165, 1.54) is 4.68 Å². The Morgan fingerprint density at radius 2 is 2.04 bits per heavy atom. The number of nitrogens with zero attached hydrogens (tertiary/aromatic N) is 3. The van der Waals surface area contributed by atoms with Crippen LogP contribution in [0.4, 0.5) is 5.69 Å². The Hall–Kier alpha value is -1.31. The molecular weight excluding hydrogens is 401 g/mol. The van der Waals surface area contributed by atoms with Crippen molar-refractivity contribution in [3.05, 3.63) is 49.8 Å². The van der Waals surface area contributed by atoms with E-state index in [2.05, 4.69) is 5.10 Å². The molecule has 1 aliphatic heterocycles. The maximum atomic E-state index is 12.8. The molecule has 0 bridgehead atoms. The third-order valence-corrected chi connectivity index (χ3v) is 4.95. The number of rotatable bonds is 4. The first-order valence-corrected chi connectivity index (χ1v) is 9.16. The number of ether oxygens (including phenoxy) is 2. The fourth-order valence-corrected chi connectivity index (χ4v) is 3.73. The molecule has 2 aromatic rings. The minimum Gasteiger partial charge on any atom is -0.382 e. The summed E-state index contributed by atoms with van der Waals surface area (Å²) in [6, 6.07) is 4.81. The molecule has 9 heteroatoms. The van der Waals surface area contributed by atoms with Gasteiger partial charge in [0.2, 0.25) is 0 Å². The van der Waals surface area contributed by atoms with Crippen molar-refractivity contribution >= 4 is 40.5 Å². The van der Waals surface area contributed by atoms with Crippen LogP contribution in [0.2, 0.25) is 15.1 Å². The zero-order valence-corrected chi connectivity index (χ0v) is 16.6. The van der Waals surface area contributed by atoms with Crippen LogP contribution < -0.4 is 10.5 Å². The summed E-state index contributed by atoms with van der Waals surface area (Å²) in [5, 5.41) is 5.12. The van der Waals surface area contributed by atoms with E-state index >= 15 is 0 Å². The highest BCUT2D eigenvalue weighted by Gasteiger charge is 2.28. The van der Waals surface area contributed by atoms with Crippen molar-refractivity contribution in [3.63, 3.8) is 0 Å². The summed E-state index contributed by atoms with van der Waals surface area (Å²) in [6.45, 7) is 3.59. The third-order valence-electron chi connectivity index (χ3n) is 4.06. The van der Waals surface area contributed by atoms with Crippen LogP contribution in [0.1, 0.15) is 6.92 Å². The molecule has 6 nitrogen and oxygen atoms in total. The zero-order valence-electron chi connectivity index (χ0n) is 14.3. The number of benzene rings is 1. The van der Waals surface area contributed by atoms with Gasteiger partial charge in [0.1, 0.15) is 5.02 Å². The van der Waals surface area contributed by atoms with Crippen LogP contribution in [-0.2, 0) is 9.47 Å². The molecule has 26 heavy (non-hydrogen) atoms. The van der Waals surface area contributed by atoms with Crippen LogP contribution in [0.3, 0.4) is 0 Å². The second-order valence-corrected chi connectivity index (χ2v) is 7.31. The summed E-state index contributed by atoms with van der Waals surface area (Å²) in [6.07, 6.45) is 1.44. The zero-order chi connectivity index (χ0) is 18.8. The predicted octanol–water partition coefficient (Wildman–Crippen LogP) is 3.43. The van der Waals surface area contributed by atoms with Crippen molar-refractivity contribution in [1.29, 1.82) is 0 Å². The minimum atomic E-state index is -0.448. The Kier molecular flexibility index (Phi) is 6.10. The molecule has 0 spiro atoms. The van der Waals surface area contributed by atoms with Gasteiger partial charge < -0.3 is 14.4 Å². The molecule has 1 aromatic carbocycles. The number of methoxy groups -OCH3 is 1. The maximum absolute atomic E-state index is 12.8. The van der Waals surface area contributed by atoms with E-state index in [4.69, 9.17) is 44.3 Å². The predicted molar refractivity (Wildman–Crippen MR) is 103 cm³/mol. The second kappa shape index (κ2) is 8.15. The molecule has 0 radical (unpaired) electrons. The van der Waals surface area contributed by atoms with Gasteiger partial charge in [0.15, 0.2) is 0 Å². The Morgan fingerprint density at radius 3 is 2.73 bits per heavy atom. The summed E-state index contributed by atoms with van der Waals surface area (Å²) >= 11 is 18.5. The van der Waals surface area contributed by atoms with Gasteiger partial charge in [-0.15, -0.1) is 0 Å². The Labute approximate surface area is 166 Å². The van der Waals surface area contributed by atoms with Gasteiger partial charge in [-0.2, -0.15) is 9.78 Å². The SMILES string of the molecule is COCC1CN(c2cnn(-c3ccc(Cl)cc3Cl)c(=O)c2Cl)CC(C)O1. The molecule has 1 aliphatic rings. The van der Waals surface area contributed by atoms with Crippen LogP contribution >= 0.6 is 34.8 Å². The topological polar surface area (TPSA) is 56.6 Å². The van der Waals surface area contributed by atoms with Crippen molar-refractivity contribution < 1.29 is 9.47 Å². The number of morpholine rings is 1. The lowest BCUT2D eigenvalue weighted by atomic mass is 10.2. The standard InChI is InChI=1S/C17H18Cl3N3O3/c1-10-7-22(8-12(26-10)9-25-2)15-6-21-23(17(24)16(15)20)14-4-3-11(18)5-13(14)19/h3-6,10,12H,7-9H2,1-2H3. The molecule has 0 aliphatic carbocycles. The number of aromatic nitrogens is 2.